The Morgan fingerprint density at radius 1 is 1.42 bits per heavy atom. The largest absolute Gasteiger partial charge is 0.371 e. The van der Waals surface area contributed by atoms with Gasteiger partial charge in [-0.05, 0) is 13.3 Å². The summed E-state index contributed by atoms with van der Waals surface area (Å²) >= 11 is 0. The maximum atomic E-state index is 11.9. The van der Waals surface area contributed by atoms with Gasteiger partial charge in [0.2, 0.25) is 10.0 Å². The number of aromatic nitrogens is 3. The van der Waals surface area contributed by atoms with E-state index >= 15 is 0 Å². The van der Waals surface area contributed by atoms with Gasteiger partial charge in [-0.25, -0.2) is 8.42 Å². The van der Waals surface area contributed by atoms with Crippen LogP contribution < -0.4 is 0 Å². The Bertz CT molecular complexity index is 544. The summed E-state index contributed by atoms with van der Waals surface area (Å²) < 4.78 is 33.2. The van der Waals surface area contributed by atoms with Gasteiger partial charge in [0, 0.05) is 19.5 Å². The normalized spacial score (nSPS) is 32.4. The topological polar surface area (TPSA) is 77.3 Å². The molecule has 0 aromatic carbocycles. The van der Waals surface area contributed by atoms with Crippen LogP contribution in [0.25, 0.3) is 0 Å². The standard InChI is InChI=1S/C11H18N4O3S/c1-2-19(16,17)15-4-3-11(7-15)5-10(6-18-11)14-8-12-13-9-14/h8-10H,2-7H2,1H3/t10-,11+/m1/s1. The van der Waals surface area contributed by atoms with Crippen molar-refractivity contribution in [1.29, 1.82) is 0 Å². The number of hydrogen-bond donors (Lipinski definition) is 0. The molecule has 0 unspecified atom stereocenters. The molecule has 2 aliphatic heterocycles. The van der Waals surface area contributed by atoms with Crippen LogP contribution >= 0.6 is 0 Å². The van der Waals surface area contributed by atoms with Crippen LogP contribution in [0, 0.1) is 0 Å². The lowest BCUT2D eigenvalue weighted by Crippen LogP contribution is -2.36. The van der Waals surface area contributed by atoms with E-state index in [-0.39, 0.29) is 17.4 Å². The summed E-state index contributed by atoms with van der Waals surface area (Å²) in [4.78, 5) is 0. The van der Waals surface area contributed by atoms with Gasteiger partial charge >= 0.3 is 0 Å². The fourth-order valence-corrected chi connectivity index (χ4v) is 4.09. The minimum atomic E-state index is -3.11. The molecule has 1 aromatic rings. The van der Waals surface area contributed by atoms with Crippen molar-refractivity contribution >= 4 is 10.0 Å². The smallest absolute Gasteiger partial charge is 0.213 e. The second-order valence-corrected chi connectivity index (χ2v) is 7.50. The predicted octanol–water partition coefficient (Wildman–Crippen LogP) is 0.0337. The Balaban J connectivity index is 1.71. The first-order valence-electron chi connectivity index (χ1n) is 6.51. The molecule has 2 fully saturated rings. The van der Waals surface area contributed by atoms with Gasteiger partial charge in [0.1, 0.15) is 12.7 Å². The monoisotopic (exact) mass is 286 g/mol. The van der Waals surface area contributed by atoms with Crippen molar-refractivity contribution in [2.45, 2.75) is 31.4 Å². The van der Waals surface area contributed by atoms with E-state index in [2.05, 4.69) is 10.2 Å². The molecule has 8 heteroatoms. The van der Waals surface area contributed by atoms with Gasteiger partial charge in [-0.3, -0.25) is 0 Å². The maximum Gasteiger partial charge on any atom is 0.213 e. The third-order valence-electron chi connectivity index (χ3n) is 4.09. The molecule has 0 N–H and O–H groups in total. The van der Waals surface area contributed by atoms with Crippen molar-refractivity contribution in [2.24, 2.45) is 0 Å². The summed E-state index contributed by atoms with van der Waals surface area (Å²) in [6.45, 7) is 3.31. The molecule has 106 valence electrons. The van der Waals surface area contributed by atoms with Gasteiger partial charge in [-0.15, -0.1) is 10.2 Å². The molecule has 1 spiro atoms. The molecule has 2 saturated heterocycles. The molecule has 0 amide bonds. The molecule has 3 rings (SSSR count). The molecule has 7 nitrogen and oxygen atoms in total. The van der Waals surface area contributed by atoms with Crippen LogP contribution in [-0.4, -0.2) is 58.5 Å². The van der Waals surface area contributed by atoms with Gasteiger partial charge in [0.25, 0.3) is 0 Å². The van der Waals surface area contributed by atoms with Crippen molar-refractivity contribution < 1.29 is 13.2 Å². The molecule has 2 aliphatic rings. The Kier molecular flexibility index (Phi) is 3.11. The molecule has 0 bridgehead atoms. The molecular formula is C11H18N4O3S. The van der Waals surface area contributed by atoms with Crippen molar-refractivity contribution in [2.75, 3.05) is 25.4 Å². The lowest BCUT2D eigenvalue weighted by atomic mass is 9.97. The predicted molar refractivity (Wildman–Crippen MR) is 68.0 cm³/mol. The number of sulfonamides is 1. The Hall–Kier alpha value is -0.990. The highest BCUT2D eigenvalue weighted by Gasteiger charge is 2.48. The summed E-state index contributed by atoms with van der Waals surface area (Å²) in [5.74, 6) is 0.151. The highest BCUT2D eigenvalue weighted by atomic mass is 32.2. The lowest BCUT2D eigenvalue weighted by Gasteiger charge is -2.23. The second-order valence-electron chi connectivity index (χ2n) is 5.25. The van der Waals surface area contributed by atoms with E-state index in [1.165, 1.54) is 0 Å². The number of hydrogen-bond acceptors (Lipinski definition) is 5. The Morgan fingerprint density at radius 3 is 2.84 bits per heavy atom. The van der Waals surface area contributed by atoms with Crippen molar-refractivity contribution in [3.05, 3.63) is 12.7 Å². The van der Waals surface area contributed by atoms with Crippen LogP contribution in [0.2, 0.25) is 0 Å². The van der Waals surface area contributed by atoms with Crippen LogP contribution in [0.15, 0.2) is 12.7 Å². The van der Waals surface area contributed by atoms with Crippen LogP contribution in [0.4, 0.5) is 0 Å². The Morgan fingerprint density at radius 2 is 2.16 bits per heavy atom. The number of nitrogens with zero attached hydrogens (tertiary/aromatic N) is 4. The highest BCUT2D eigenvalue weighted by Crippen LogP contribution is 2.40. The highest BCUT2D eigenvalue weighted by molar-refractivity contribution is 7.89. The third-order valence-corrected chi connectivity index (χ3v) is 5.92. The van der Waals surface area contributed by atoms with Crippen molar-refractivity contribution in [3.63, 3.8) is 0 Å². The SMILES string of the molecule is CCS(=O)(=O)N1CC[C@]2(C[C@@H](n3cnnc3)CO2)C1. The van der Waals surface area contributed by atoms with E-state index in [9.17, 15) is 8.42 Å². The van der Waals surface area contributed by atoms with E-state index in [1.54, 1.807) is 23.9 Å². The molecule has 1 aromatic heterocycles. The average Bonchev–Trinajstić information content (AvgIpc) is 3.11. The lowest BCUT2D eigenvalue weighted by molar-refractivity contribution is 0.0165. The zero-order valence-electron chi connectivity index (χ0n) is 10.9. The van der Waals surface area contributed by atoms with E-state index < -0.39 is 10.0 Å². The average molecular weight is 286 g/mol. The van der Waals surface area contributed by atoms with E-state index in [0.29, 0.717) is 19.7 Å². The van der Waals surface area contributed by atoms with Crippen molar-refractivity contribution in [1.82, 2.24) is 19.1 Å². The molecule has 2 atom stereocenters. The summed E-state index contributed by atoms with van der Waals surface area (Å²) in [5, 5.41) is 7.60. The molecule has 0 radical (unpaired) electrons. The van der Waals surface area contributed by atoms with Crippen LogP contribution in [-0.2, 0) is 14.8 Å². The maximum absolute atomic E-state index is 11.9. The van der Waals surface area contributed by atoms with E-state index in [4.69, 9.17) is 4.74 Å². The quantitative estimate of drug-likeness (QED) is 0.783. The molecule has 0 saturated carbocycles. The van der Waals surface area contributed by atoms with E-state index in [1.807, 2.05) is 4.57 Å². The van der Waals surface area contributed by atoms with Crippen LogP contribution in [0.3, 0.4) is 0 Å². The molecule has 0 aliphatic carbocycles. The van der Waals surface area contributed by atoms with Gasteiger partial charge in [-0.2, -0.15) is 4.31 Å². The minimum Gasteiger partial charge on any atom is -0.371 e. The first-order valence-corrected chi connectivity index (χ1v) is 8.11. The number of ether oxygens (including phenoxy) is 1. The zero-order chi connectivity index (χ0) is 13.5. The Labute approximate surface area is 112 Å². The first kappa shape index (κ1) is 13.0. The molecular weight excluding hydrogens is 268 g/mol. The molecule has 3 heterocycles. The van der Waals surface area contributed by atoms with Crippen molar-refractivity contribution in [3.8, 4) is 0 Å². The van der Waals surface area contributed by atoms with Crippen LogP contribution in [0.5, 0.6) is 0 Å². The first-order chi connectivity index (χ1) is 9.05. The van der Waals surface area contributed by atoms with Gasteiger partial charge in [0.15, 0.2) is 0 Å². The summed E-state index contributed by atoms with van der Waals surface area (Å²) in [5.41, 5.74) is -0.322. The third kappa shape index (κ3) is 2.28. The zero-order valence-corrected chi connectivity index (χ0v) is 11.7. The minimum absolute atomic E-state index is 0.151. The van der Waals surface area contributed by atoms with Gasteiger partial charge in [0.05, 0.1) is 24.0 Å². The summed E-state index contributed by atoms with van der Waals surface area (Å²) in [6.07, 6.45) is 4.96. The van der Waals surface area contributed by atoms with Crippen LogP contribution in [0.1, 0.15) is 25.8 Å². The number of rotatable bonds is 3. The fraction of sp³-hybridized carbons (Fsp3) is 0.818. The molecule has 19 heavy (non-hydrogen) atoms. The van der Waals surface area contributed by atoms with Gasteiger partial charge < -0.3 is 9.30 Å². The summed E-state index contributed by atoms with van der Waals surface area (Å²) in [6, 6.07) is 0.208. The fourth-order valence-electron chi connectivity index (χ4n) is 2.92. The van der Waals surface area contributed by atoms with Gasteiger partial charge in [-0.1, -0.05) is 0 Å². The van der Waals surface area contributed by atoms with E-state index in [0.717, 1.165) is 12.8 Å². The second kappa shape index (κ2) is 4.53. The summed E-state index contributed by atoms with van der Waals surface area (Å²) in [7, 11) is -3.11.